The number of hydrogen-bond acceptors (Lipinski definition) is 2. The van der Waals surface area contributed by atoms with Crippen molar-refractivity contribution < 1.29 is 13.5 Å². The Balaban J connectivity index is 2.60. The number of benzene rings is 1. The summed E-state index contributed by atoms with van der Waals surface area (Å²) in [5.74, 6) is -1.88. The summed E-state index contributed by atoms with van der Waals surface area (Å²) in [4.78, 5) is 0. The first-order valence-corrected chi connectivity index (χ1v) is 3.56. The quantitative estimate of drug-likeness (QED) is 0.639. The van der Waals surface area contributed by atoms with E-state index in [1.807, 2.05) is 0 Å². The highest BCUT2D eigenvalue weighted by Gasteiger charge is 2.25. The van der Waals surface area contributed by atoms with Crippen molar-refractivity contribution in [2.75, 3.05) is 6.61 Å². The van der Waals surface area contributed by atoms with E-state index < -0.39 is 11.6 Å². The summed E-state index contributed by atoms with van der Waals surface area (Å²) in [5.41, 5.74) is 6.09. The van der Waals surface area contributed by atoms with Gasteiger partial charge in [0.15, 0.2) is 11.6 Å². The zero-order valence-corrected chi connectivity index (χ0v) is 6.18. The van der Waals surface area contributed by atoms with Crippen LogP contribution in [0.4, 0.5) is 8.78 Å². The molecule has 1 aromatic rings. The molecule has 0 amide bonds. The van der Waals surface area contributed by atoms with Crippen molar-refractivity contribution in [2.24, 2.45) is 5.73 Å². The number of hydrogen-bond donors (Lipinski definition) is 1. The molecule has 0 saturated carbocycles. The maximum absolute atomic E-state index is 12.9. The molecule has 0 aliphatic carbocycles. The molecular formula is C8H7F2NO. The molecule has 1 aromatic carbocycles. The lowest BCUT2D eigenvalue weighted by Gasteiger charge is -2.00. The van der Waals surface area contributed by atoms with Crippen LogP contribution in [-0.2, 0) is 0 Å². The lowest BCUT2D eigenvalue weighted by atomic mass is 10.1. The monoisotopic (exact) mass is 171 g/mol. The first-order chi connectivity index (χ1) is 5.70. The first kappa shape index (κ1) is 7.49. The van der Waals surface area contributed by atoms with Gasteiger partial charge >= 0.3 is 0 Å². The van der Waals surface area contributed by atoms with Crippen molar-refractivity contribution >= 4 is 0 Å². The Kier molecular flexibility index (Phi) is 1.51. The minimum atomic E-state index is -0.944. The molecule has 2 N–H and O–H groups in total. The molecule has 1 aliphatic heterocycles. The molecule has 0 bridgehead atoms. The maximum Gasteiger partial charge on any atom is 0.200 e. The molecule has 1 aliphatic rings. The van der Waals surface area contributed by atoms with Gasteiger partial charge in [0.2, 0.25) is 5.82 Å². The molecule has 1 atom stereocenters. The minimum Gasteiger partial charge on any atom is -0.488 e. The Hall–Kier alpha value is -1.16. The van der Waals surface area contributed by atoms with Crippen molar-refractivity contribution in [3.63, 3.8) is 0 Å². The Labute approximate surface area is 67.9 Å². The zero-order valence-electron chi connectivity index (χ0n) is 6.18. The zero-order chi connectivity index (χ0) is 8.72. The molecule has 1 unspecified atom stereocenters. The van der Waals surface area contributed by atoms with Gasteiger partial charge in [0.1, 0.15) is 6.61 Å². The lowest BCUT2D eigenvalue weighted by Crippen LogP contribution is -2.10. The third-order valence-electron chi connectivity index (χ3n) is 1.89. The molecule has 12 heavy (non-hydrogen) atoms. The van der Waals surface area contributed by atoms with Gasteiger partial charge in [0.05, 0.1) is 6.04 Å². The topological polar surface area (TPSA) is 35.2 Å². The molecule has 0 radical (unpaired) electrons. The van der Waals surface area contributed by atoms with Crippen LogP contribution in [0.3, 0.4) is 0 Å². The average Bonchev–Trinajstić information content (AvgIpc) is 2.41. The van der Waals surface area contributed by atoms with Crippen LogP contribution in [0.15, 0.2) is 12.1 Å². The summed E-state index contributed by atoms with van der Waals surface area (Å²) < 4.78 is 30.4. The van der Waals surface area contributed by atoms with E-state index in [0.717, 1.165) is 6.07 Å². The van der Waals surface area contributed by atoms with E-state index in [4.69, 9.17) is 10.5 Å². The Morgan fingerprint density at radius 2 is 2.17 bits per heavy atom. The SMILES string of the molecule is NC1COc2c1ccc(F)c2F. The fraction of sp³-hybridized carbons (Fsp3) is 0.250. The third-order valence-corrected chi connectivity index (χ3v) is 1.89. The van der Waals surface area contributed by atoms with Crippen molar-refractivity contribution in [3.8, 4) is 5.75 Å². The van der Waals surface area contributed by atoms with Crippen molar-refractivity contribution in [2.45, 2.75) is 6.04 Å². The van der Waals surface area contributed by atoms with E-state index >= 15 is 0 Å². The molecule has 0 spiro atoms. The summed E-state index contributed by atoms with van der Waals surface area (Å²) in [6, 6.07) is 2.17. The van der Waals surface area contributed by atoms with Gasteiger partial charge in [-0.05, 0) is 6.07 Å². The summed E-state index contributed by atoms with van der Waals surface area (Å²) in [6.07, 6.45) is 0. The summed E-state index contributed by atoms with van der Waals surface area (Å²) in [5, 5.41) is 0. The van der Waals surface area contributed by atoms with E-state index in [-0.39, 0.29) is 18.4 Å². The highest BCUT2D eigenvalue weighted by Crippen LogP contribution is 2.34. The molecule has 4 heteroatoms. The highest BCUT2D eigenvalue weighted by molar-refractivity contribution is 5.40. The van der Waals surface area contributed by atoms with Crippen molar-refractivity contribution in [1.29, 1.82) is 0 Å². The third kappa shape index (κ3) is 0.881. The Morgan fingerprint density at radius 3 is 2.92 bits per heavy atom. The Morgan fingerprint density at radius 1 is 1.42 bits per heavy atom. The highest BCUT2D eigenvalue weighted by atomic mass is 19.2. The second-order valence-electron chi connectivity index (χ2n) is 2.70. The predicted octanol–water partition coefficient (Wildman–Crippen LogP) is 1.36. The molecule has 0 saturated heterocycles. The number of halogens is 2. The van der Waals surface area contributed by atoms with Crippen LogP contribution < -0.4 is 10.5 Å². The van der Waals surface area contributed by atoms with Gasteiger partial charge in [-0.15, -0.1) is 0 Å². The Bertz CT molecular complexity index is 327. The van der Waals surface area contributed by atoms with Gasteiger partial charge < -0.3 is 10.5 Å². The van der Waals surface area contributed by atoms with Gasteiger partial charge in [0, 0.05) is 5.56 Å². The van der Waals surface area contributed by atoms with Crippen LogP contribution in [0.25, 0.3) is 0 Å². The van der Waals surface area contributed by atoms with Crippen LogP contribution in [0.2, 0.25) is 0 Å². The average molecular weight is 171 g/mol. The van der Waals surface area contributed by atoms with Gasteiger partial charge in [-0.2, -0.15) is 4.39 Å². The van der Waals surface area contributed by atoms with E-state index in [9.17, 15) is 8.78 Å². The maximum atomic E-state index is 12.9. The van der Waals surface area contributed by atoms with E-state index in [1.54, 1.807) is 0 Å². The molecule has 2 rings (SSSR count). The number of ether oxygens (including phenoxy) is 1. The normalized spacial score (nSPS) is 20.4. The summed E-state index contributed by atoms with van der Waals surface area (Å²) in [6.45, 7) is 0.218. The summed E-state index contributed by atoms with van der Waals surface area (Å²) >= 11 is 0. The second kappa shape index (κ2) is 2.42. The molecule has 0 fully saturated rings. The number of fused-ring (bicyclic) bond motifs is 1. The van der Waals surface area contributed by atoms with E-state index in [2.05, 4.69) is 0 Å². The fourth-order valence-corrected chi connectivity index (χ4v) is 1.25. The molecule has 0 aromatic heterocycles. The van der Waals surface area contributed by atoms with Crippen molar-refractivity contribution in [1.82, 2.24) is 0 Å². The standard InChI is InChI=1S/C8H7F2NO/c9-5-2-1-4-6(11)3-12-8(4)7(5)10/h1-2,6H,3,11H2. The van der Waals surface area contributed by atoms with Crippen LogP contribution >= 0.6 is 0 Å². The largest absolute Gasteiger partial charge is 0.488 e. The van der Waals surface area contributed by atoms with E-state index in [0.29, 0.717) is 5.56 Å². The molecule has 1 heterocycles. The van der Waals surface area contributed by atoms with E-state index in [1.165, 1.54) is 6.07 Å². The number of rotatable bonds is 0. The van der Waals surface area contributed by atoms with Gasteiger partial charge in [0.25, 0.3) is 0 Å². The van der Waals surface area contributed by atoms with Gasteiger partial charge in [-0.3, -0.25) is 0 Å². The van der Waals surface area contributed by atoms with Gasteiger partial charge in [-0.25, -0.2) is 4.39 Å². The second-order valence-corrected chi connectivity index (χ2v) is 2.70. The number of nitrogens with two attached hydrogens (primary N) is 1. The van der Waals surface area contributed by atoms with Crippen molar-refractivity contribution in [3.05, 3.63) is 29.3 Å². The molecule has 2 nitrogen and oxygen atoms in total. The fourth-order valence-electron chi connectivity index (χ4n) is 1.25. The molecule has 64 valence electrons. The minimum absolute atomic E-state index is 0.0394. The van der Waals surface area contributed by atoms with Crippen LogP contribution in [-0.4, -0.2) is 6.61 Å². The van der Waals surface area contributed by atoms with Crippen LogP contribution in [0, 0.1) is 11.6 Å². The first-order valence-electron chi connectivity index (χ1n) is 3.56. The predicted molar refractivity (Wildman–Crippen MR) is 38.8 cm³/mol. The summed E-state index contributed by atoms with van der Waals surface area (Å²) in [7, 11) is 0. The van der Waals surface area contributed by atoms with Crippen LogP contribution in [0.1, 0.15) is 11.6 Å². The lowest BCUT2D eigenvalue weighted by molar-refractivity contribution is 0.314. The van der Waals surface area contributed by atoms with Gasteiger partial charge in [-0.1, -0.05) is 6.07 Å². The smallest absolute Gasteiger partial charge is 0.200 e. The van der Waals surface area contributed by atoms with Crippen LogP contribution in [0.5, 0.6) is 5.75 Å². The molecular weight excluding hydrogens is 164 g/mol.